The highest BCUT2D eigenvalue weighted by atomic mass is 79.9. The number of aromatic nitrogens is 4. The number of nitrogens with zero attached hydrogens (tertiary/aromatic N) is 6. The Morgan fingerprint density at radius 1 is 0.953 bits per heavy atom. The standard InChI is InChI=1S/C46H54BrF2N10O4P/c1-6-39-51-25-30-34(53-39)8-9-35(42(30)64(4,5)62)54-43-31(47)26-52-45(57-43)55-36-21-27(2)37(24-38(36)63-3)59-18-13-46(14-19-59)11-16-58(17-12-46)20-15-50-28-22-32(48)41(33(49)23-28)29-7-10-40(60)56-44(29)61/h8-9,21-26,29,50H,6-7,10-20H2,1-5H3,(H,56,60,61)(H2,52,54,55,57)/t29-/m1/s1. The van der Waals surface area contributed by atoms with Gasteiger partial charge in [0.2, 0.25) is 17.8 Å². The van der Waals surface area contributed by atoms with Crippen LogP contribution in [0.5, 0.6) is 5.75 Å². The van der Waals surface area contributed by atoms with Crippen molar-refractivity contribution in [2.45, 2.75) is 64.7 Å². The molecule has 14 nitrogen and oxygen atoms in total. The second-order valence-corrected chi connectivity index (χ2v) is 21.5. The Morgan fingerprint density at radius 2 is 1.67 bits per heavy atom. The molecule has 0 saturated carbocycles. The Kier molecular flexibility index (Phi) is 13.2. The summed E-state index contributed by atoms with van der Waals surface area (Å²) in [4.78, 5) is 47.1. The molecule has 338 valence electrons. The minimum Gasteiger partial charge on any atom is -0.494 e. The summed E-state index contributed by atoms with van der Waals surface area (Å²) in [5.41, 5.74) is 4.66. The maximum Gasteiger partial charge on any atom is 0.234 e. The van der Waals surface area contributed by atoms with Crippen LogP contribution in [-0.4, -0.2) is 96.4 Å². The van der Waals surface area contributed by atoms with Crippen LogP contribution in [0.4, 0.5) is 43.3 Å². The molecular formula is C46H54BrF2N10O4P. The molecule has 8 rings (SSSR count). The van der Waals surface area contributed by atoms with Crippen molar-refractivity contribution in [3.05, 3.63) is 81.9 Å². The fraction of sp³-hybridized carbons (Fsp3) is 0.435. The van der Waals surface area contributed by atoms with E-state index in [1.807, 2.05) is 19.1 Å². The highest BCUT2D eigenvalue weighted by molar-refractivity contribution is 9.10. The summed E-state index contributed by atoms with van der Waals surface area (Å²) in [5.74, 6) is -1.43. The van der Waals surface area contributed by atoms with Gasteiger partial charge in [-0.1, -0.05) is 6.92 Å². The molecule has 3 aromatic carbocycles. The smallest absolute Gasteiger partial charge is 0.234 e. The monoisotopic (exact) mass is 958 g/mol. The highest BCUT2D eigenvalue weighted by Crippen LogP contribution is 2.45. The van der Waals surface area contributed by atoms with Crippen LogP contribution in [-0.2, 0) is 20.6 Å². The predicted octanol–water partition coefficient (Wildman–Crippen LogP) is 8.39. The van der Waals surface area contributed by atoms with Crippen molar-refractivity contribution in [3.8, 4) is 5.75 Å². The number of likely N-dealkylation sites (tertiary alicyclic amines) is 1. The van der Waals surface area contributed by atoms with Crippen molar-refractivity contribution >= 4 is 85.6 Å². The van der Waals surface area contributed by atoms with Gasteiger partial charge in [0, 0.05) is 85.1 Å². The molecule has 0 aliphatic carbocycles. The molecule has 3 saturated heterocycles. The number of amides is 2. The van der Waals surface area contributed by atoms with E-state index in [1.165, 1.54) is 12.1 Å². The molecule has 2 aromatic heterocycles. The van der Waals surface area contributed by atoms with Gasteiger partial charge in [-0.3, -0.25) is 14.9 Å². The van der Waals surface area contributed by atoms with Gasteiger partial charge in [0.25, 0.3) is 0 Å². The summed E-state index contributed by atoms with van der Waals surface area (Å²) in [5, 5.41) is 13.5. The quantitative estimate of drug-likeness (QED) is 0.0657. The predicted molar refractivity (Wildman–Crippen MR) is 252 cm³/mol. The van der Waals surface area contributed by atoms with Crippen LogP contribution in [0.3, 0.4) is 0 Å². The van der Waals surface area contributed by atoms with Crippen molar-refractivity contribution in [2.24, 2.45) is 5.41 Å². The Hall–Kier alpha value is -5.25. The average Bonchev–Trinajstić information content (AvgIpc) is 3.26. The molecule has 5 aromatic rings. The maximum atomic E-state index is 15.0. The zero-order valence-electron chi connectivity index (χ0n) is 36.8. The lowest BCUT2D eigenvalue weighted by atomic mass is 9.71. The Morgan fingerprint density at radius 3 is 2.34 bits per heavy atom. The largest absolute Gasteiger partial charge is 0.494 e. The van der Waals surface area contributed by atoms with Crippen LogP contribution < -0.4 is 36.2 Å². The lowest BCUT2D eigenvalue weighted by molar-refractivity contribution is -0.134. The first-order valence-electron chi connectivity index (χ1n) is 21.8. The number of halogens is 3. The van der Waals surface area contributed by atoms with Gasteiger partial charge in [-0.25, -0.2) is 23.7 Å². The Bertz CT molecular complexity index is 2620. The number of methoxy groups -OCH3 is 1. The summed E-state index contributed by atoms with van der Waals surface area (Å²) < 4.78 is 50.2. The third-order valence-electron chi connectivity index (χ3n) is 12.9. The van der Waals surface area contributed by atoms with Gasteiger partial charge >= 0.3 is 0 Å². The number of rotatable bonds is 13. The van der Waals surface area contributed by atoms with E-state index in [4.69, 9.17) is 9.72 Å². The van der Waals surface area contributed by atoms with Crippen LogP contribution in [0.1, 0.15) is 68.3 Å². The number of carbonyl (C=O) groups is 2. The number of anilines is 6. The molecule has 3 fully saturated rings. The highest BCUT2D eigenvalue weighted by Gasteiger charge is 2.38. The second-order valence-electron chi connectivity index (χ2n) is 17.5. The molecule has 0 unspecified atom stereocenters. The van der Waals surface area contributed by atoms with Crippen molar-refractivity contribution in [2.75, 3.05) is 80.6 Å². The first kappa shape index (κ1) is 45.3. The number of fused-ring (bicyclic) bond motifs is 1. The minimum absolute atomic E-state index is 0.0519. The topological polar surface area (TPSA) is 167 Å². The van der Waals surface area contributed by atoms with E-state index >= 15 is 8.78 Å². The number of hydrogen-bond donors (Lipinski definition) is 4. The van der Waals surface area contributed by atoms with Crippen molar-refractivity contribution in [3.63, 3.8) is 0 Å². The first-order valence-corrected chi connectivity index (χ1v) is 25.2. The molecule has 5 heterocycles. The Balaban J connectivity index is 0.863. The number of aryl methyl sites for hydroxylation is 2. The van der Waals surface area contributed by atoms with Crippen LogP contribution in [0, 0.1) is 24.0 Å². The second kappa shape index (κ2) is 18.7. The van der Waals surface area contributed by atoms with Gasteiger partial charge in [0.05, 0.1) is 34.4 Å². The van der Waals surface area contributed by atoms with Gasteiger partial charge in [-0.2, -0.15) is 4.98 Å². The van der Waals surface area contributed by atoms with Gasteiger partial charge in [0.15, 0.2) is 0 Å². The fourth-order valence-corrected chi connectivity index (χ4v) is 11.1. The van der Waals surface area contributed by atoms with Gasteiger partial charge in [-0.05, 0) is 123 Å². The summed E-state index contributed by atoms with van der Waals surface area (Å²) in [7, 11) is -1.13. The van der Waals surface area contributed by atoms with E-state index < -0.39 is 36.5 Å². The zero-order valence-corrected chi connectivity index (χ0v) is 39.3. The van der Waals surface area contributed by atoms with E-state index in [-0.39, 0.29) is 23.8 Å². The molecule has 2 amide bonds. The molecule has 0 radical (unpaired) electrons. The van der Waals surface area contributed by atoms with E-state index in [0.29, 0.717) is 51.6 Å². The van der Waals surface area contributed by atoms with E-state index in [2.05, 4.69) is 81.0 Å². The number of imide groups is 1. The van der Waals surface area contributed by atoms with Gasteiger partial charge in [0.1, 0.15) is 36.2 Å². The molecule has 4 N–H and O–H groups in total. The van der Waals surface area contributed by atoms with Gasteiger partial charge in [-0.15, -0.1) is 0 Å². The summed E-state index contributed by atoms with van der Waals surface area (Å²) >= 11 is 3.60. The zero-order chi connectivity index (χ0) is 45.3. The summed E-state index contributed by atoms with van der Waals surface area (Å²) in [6, 6.07) is 10.4. The number of hydrogen-bond acceptors (Lipinski definition) is 13. The third kappa shape index (κ3) is 9.71. The molecule has 18 heteroatoms. The van der Waals surface area contributed by atoms with E-state index in [9.17, 15) is 14.2 Å². The molecule has 0 bridgehead atoms. The van der Waals surface area contributed by atoms with Crippen LogP contribution in [0.25, 0.3) is 10.9 Å². The Labute approximate surface area is 380 Å². The maximum absolute atomic E-state index is 15.0. The molecule has 3 aliphatic rings. The normalized spacial score (nSPS) is 18.0. The molecule has 1 atom stereocenters. The number of benzene rings is 3. The number of nitrogens with one attached hydrogen (secondary N) is 4. The van der Waals surface area contributed by atoms with Crippen molar-refractivity contribution in [1.82, 2.24) is 30.2 Å². The number of carbonyl (C=O) groups excluding carboxylic acids is 2. The number of piperidine rings is 3. The SMILES string of the molecule is CCc1ncc2c(P(C)(C)=O)c(Nc3nc(Nc4cc(C)c(N5CCC6(CCN(CCNc7cc(F)c([C@H]8CCC(=O)NC8=O)c(F)c7)CC6)CC5)cc4OC)ncc3Br)ccc2n1. The summed E-state index contributed by atoms with van der Waals surface area (Å²) in [6.45, 7) is 12.6. The lowest BCUT2D eigenvalue weighted by Crippen LogP contribution is -2.47. The number of ether oxygens (including phenoxy) is 1. The minimum atomic E-state index is -2.78. The van der Waals surface area contributed by atoms with E-state index in [1.54, 1.807) is 32.8 Å². The summed E-state index contributed by atoms with van der Waals surface area (Å²) in [6.07, 6.45) is 8.61. The molecule has 64 heavy (non-hydrogen) atoms. The first-order chi connectivity index (χ1) is 30.6. The van der Waals surface area contributed by atoms with Crippen molar-refractivity contribution < 1.29 is 27.7 Å². The lowest BCUT2D eigenvalue weighted by Gasteiger charge is -2.47. The van der Waals surface area contributed by atoms with Crippen LogP contribution in [0.15, 0.2) is 53.3 Å². The molecular weight excluding hydrogens is 905 g/mol. The fourth-order valence-electron chi connectivity index (χ4n) is 9.35. The van der Waals surface area contributed by atoms with Crippen molar-refractivity contribution in [1.29, 1.82) is 0 Å². The van der Waals surface area contributed by atoms with Crippen LogP contribution in [0.2, 0.25) is 0 Å². The average molecular weight is 960 g/mol. The molecule has 3 aliphatic heterocycles. The third-order valence-corrected chi connectivity index (χ3v) is 15.0. The van der Waals surface area contributed by atoms with Gasteiger partial charge < -0.3 is 35.1 Å². The van der Waals surface area contributed by atoms with Crippen LogP contribution >= 0.6 is 23.1 Å². The van der Waals surface area contributed by atoms with E-state index in [0.717, 1.165) is 92.1 Å². The molecule has 1 spiro atoms.